The van der Waals surface area contributed by atoms with Crippen LogP contribution in [0.1, 0.15) is 16.1 Å². The molecule has 31 heavy (non-hydrogen) atoms. The number of fused-ring (bicyclic) bond motifs is 2. The predicted molar refractivity (Wildman–Crippen MR) is 123 cm³/mol. The van der Waals surface area contributed by atoms with E-state index in [1.807, 2.05) is 18.2 Å². The van der Waals surface area contributed by atoms with Crippen molar-refractivity contribution in [1.29, 1.82) is 0 Å². The van der Waals surface area contributed by atoms with Gasteiger partial charge in [0.1, 0.15) is 16.2 Å². The Kier molecular flexibility index (Phi) is 4.86. The Morgan fingerprint density at radius 1 is 1.26 bits per heavy atom. The summed E-state index contributed by atoms with van der Waals surface area (Å²) in [6.45, 7) is 1.93. The summed E-state index contributed by atoms with van der Waals surface area (Å²) in [7, 11) is 5.94. The van der Waals surface area contributed by atoms with Crippen molar-refractivity contribution in [3.05, 3.63) is 47.2 Å². The minimum Gasteiger partial charge on any atom is -0.355 e. The van der Waals surface area contributed by atoms with E-state index >= 15 is 0 Å². The number of halogens is 1. The molecular formula is C22H23FN6OS. The maximum atomic E-state index is 14.3. The first-order valence-electron chi connectivity index (χ1n) is 10.1. The van der Waals surface area contributed by atoms with Gasteiger partial charge < -0.3 is 15.1 Å². The van der Waals surface area contributed by atoms with E-state index in [-0.39, 0.29) is 11.4 Å². The first-order chi connectivity index (χ1) is 14.9. The quantitative estimate of drug-likeness (QED) is 0.526. The van der Waals surface area contributed by atoms with Crippen LogP contribution in [0.15, 0.2) is 36.5 Å². The zero-order valence-corrected chi connectivity index (χ0v) is 18.4. The molecule has 7 nitrogen and oxygen atoms in total. The number of benzene rings is 1. The lowest BCUT2D eigenvalue weighted by atomic mass is 10.2. The summed E-state index contributed by atoms with van der Waals surface area (Å²) in [6, 6.07) is 9.40. The first kappa shape index (κ1) is 19.9. The molecule has 1 aromatic carbocycles. The van der Waals surface area contributed by atoms with Crippen molar-refractivity contribution in [2.45, 2.75) is 12.5 Å². The van der Waals surface area contributed by atoms with E-state index in [0.29, 0.717) is 22.0 Å². The van der Waals surface area contributed by atoms with Gasteiger partial charge in [0.25, 0.3) is 5.91 Å². The fourth-order valence-corrected chi connectivity index (χ4v) is 4.97. The van der Waals surface area contributed by atoms with Crippen LogP contribution in [0, 0.1) is 5.82 Å². The number of aromatic nitrogens is 3. The molecule has 160 valence electrons. The highest BCUT2D eigenvalue weighted by atomic mass is 32.1. The van der Waals surface area contributed by atoms with Crippen molar-refractivity contribution in [2.75, 3.05) is 37.4 Å². The highest BCUT2D eigenvalue weighted by molar-refractivity contribution is 7.20. The molecule has 9 heteroatoms. The molecule has 5 rings (SSSR count). The van der Waals surface area contributed by atoms with E-state index in [4.69, 9.17) is 4.98 Å². The molecule has 1 aliphatic rings. The third kappa shape index (κ3) is 3.75. The molecule has 0 saturated carbocycles. The standard InChI is InChI=1S/C22H23FN6OS/c1-27(2)16-6-7-29(12-16)19-5-4-13-9-18(31-22(13)25-19)21(30)24-15-8-14-11-28(3)26-20(14)17(23)10-15/h4-5,8-11,16H,6-7,12H2,1-3H3,(H,24,30). The van der Waals surface area contributed by atoms with Gasteiger partial charge in [-0.1, -0.05) is 0 Å². The molecule has 0 radical (unpaired) electrons. The van der Waals surface area contributed by atoms with Gasteiger partial charge in [-0.3, -0.25) is 9.48 Å². The maximum absolute atomic E-state index is 14.3. The number of anilines is 2. The Morgan fingerprint density at radius 3 is 2.87 bits per heavy atom. The number of thiophene rings is 1. The zero-order valence-electron chi connectivity index (χ0n) is 17.6. The molecule has 0 bridgehead atoms. The molecule has 1 N–H and O–H groups in total. The Balaban J connectivity index is 1.37. The summed E-state index contributed by atoms with van der Waals surface area (Å²) in [5, 5.41) is 8.46. The molecule has 1 atom stereocenters. The SMILES string of the molecule is CN(C)C1CCN(c2ccc3cc(C(=O)Nc4cc(F)c5nn(C)cc5c4)sc3n2)C1. The maximum Gasteiger partial charge on any atom is 0.265 e. The van der Waals surface area contributed by atoms with Crippen molar-refractivity contribution >= 4 is 49.9 Å². The fraction of sp³-hybridized carbons (Fsp3) is 0.318. The molecule has 4 heterocycles. The van der Waals surface area contributed by atoms with Gasteiger partial charge in [-0.2, -0.15) is 5.10 Å². The van der Waals surface area contributed by atoms with Crippen LogP contribution >= 0.6 is 11.3 Å². The van der Waals surface area contributed by atoms with Gasteiger partial charge in [-0.25, -0.2) is 9.37 Å². The predicted octanol–water partition coefficient (Wildman–Crippen LogP) is 3.71. The van der Waals surface area contributed by atoms with Crippen molar-refractivity contribution in [3.63, 3.8) is 0 Å². The number of hydrogen-bond acceptors (Lipinski definition) is 6. The van der Waals surface area contributed by atoms with Crippen molar-refractivity contribution in [3.8, 4) is 0 Å². The van der Waals surface area contributed by atoms with Gasteiger partial charge in [0.15, 0.2) is 5.82 Å². The number of carbonyl (C=O) groups is 1. The van der Waals surface area contributed by atoms with E-state index in [0.717, 1.165) is 35.5 Å². The molecule has 0 spiro atoms. The number of pyridine rings is 1. The van der Waals surface area contributed by atoms with Crippen LogP contribution in [0.4, 0.5) is 15.9 Å². The van der Waals surface area contributed by atoms with Crippen molar-refractivity contribution < 1.29 is 9.18 Å². The molecule has 1 saturated heterocycles. The van der Waals surface area contributed by atoms with E-state index in [1.165, 1.54) is 17.4 Å². The number of carbonyl (C=O) groups excluding carboxylic acids is 1. The largest absolute Gasteiger partial charge is 0.355 e. The fourth-order valence-electron chi connectivity index (χ4n) is 4.04. The average molecular weight is 439 g/mol. The third-order valence-electron chi connectivity index (χ3n) is 5.74. The molecule has 4 aromatic rings. The first-order valence-corrected chi connectivity index (χ1v) is 11.0. The summed E-state index contributed by atoms with van der Waals surface area (Å²) >= 11 is 1.35. The third-order valence-corrected chi connectivity index (χ3v) is 6.79. The number of hydrogen-bond donors (Lipinski definition) is 1. The number of amides is 1. The molecule has 3 aromatic heterocycles. The van der Waals surface area contributed by atoms with Crippen LogP contribution in [0.5, 0.6) is 0 Å². The van der Waals surface area contributed by atoms with Crippen molar-refractivity contribution in [1.82, 2.24) is 19.7 Å². The second-order valence-electron chi connectivity index (χ2n) is 8.18. The topological polar surface area (TPSA) is 66.3 Å². The molecule has 1 amide bonds. The number of likely N-dealkylation sites (N-methyl/N-ethyl adjacent to an activating group) is 1. The van der Waals surface area contributed by atoms with Crippen LogP contribution in [0.2, 0.25) is 0 Å². The number of nitrogens with one attached hydrogen (secondary N) is 1. The zero-order chi connectivity index (χ0) is 21.7. The minimum absolute atomic E-state index is 0.277. The molecule has 0 aliphatic carbocycles. The van der Waals surface area contributed by atoms with Gasteiger partial charge in [0.2, 0.25) is 0 Å². The molecule has 1 aliphatic heterocycles. The summed E-state index contributed by atoms with van der Waals surface area (Å²) < 4.78 is 15.9. The highest BCUT2D eigenvalue weighted by Crippen LogP contribution is 2.29. The lowest BCUT2D eigenvalue weighted by molar-refractivity contribution is 0.103. The monoisotopic (exact) mass is 438 g/mol. The smallest absolute Gasteiger partial charge is 0.265 e. The summed E-state index contributed by atoms with van der Waals surface area (Å²) in [5.74, 6) is 0.202. The molecular weight excluding hydrogens is 415 g/mol. The Labute approximate surface area is 183 Å². The summed E-state index contributed by atoms with van der Waals surface area (Å²) in [5.41, 5.74) is 0.693. The Hall–Kier alpha value is -3.04. The second kappa shape index (κ2) is 7.58. The van der Waals surface area contributed by atoms with E-state index in [9.17, 15) is 9.18 Å². The molecule has 1 unspecified atom stereocenters. The second-order valence-corrected chi connectivity index (χ2v) is 9.21. The van der Waals surface area contributed by atoms with Crippen LogP contribution in [0.3, 0.4) is 0 Å². The number of nitrogens with zero attached hydrogens (tertiary/aromatic N) is 5. The van der Waals surface area contributed by atoms with E-state index in [1.54, 1.807) is 24.0 Å². The van der Waals surface area contributed by atoms with Gasteiger partial charge in [0.05, 0.1) is 4.88 Å². The average Bonchev–Trinajstić information content (AvgIpc) is 3.44. The normalized spacial score (nSPS) is 16.7. The van der Waals surface area contributed by atoms with Crippen LogP contribution in [-0.4, -0.2) is 58.8 Å². The lowest BCUT2D eigenvalue weighted by Crippen LogP contribution is -2.31. The molecule has 1 fully saturated rings. The van der Waals surface area contributed by atoms with Crippen molar-refractivity contribution in [2.24, 2.45) is 7.05 Å². The summed E-state index contributed by atoms with van der Waals surface area (Å²) in [6.07, 6.45) is 2.83. The van der Waals surface area contributed by atoms with E-state index in [2.05, 4.69) is 34.3 Å². The summed E-state index contributed by atoms with van der Waals surface area (Å²) in [4.78, 5) is 23.5. The Bertz CT molecular complexity index is 1300. The van der Waals surface area contributed by atoms with Crippen LogP contribution < -0.4 is 10.2 Å². The Morgan fingerprint density at radius 2 is 2.10 bits per heavy atom. The number of rotatable bonds is 4. The minimum atomic E-state index is -0.460. The van der Waals surface area contributed by atoms with Crippen LogP contribution in [-0.2, 0) is 7.05 Å². The van der Waals surface area contributed by atoms with E-state index < -0.39 is 5.82 Å². The lowest BCUT2D eigenvalue weighted by Gasteiger charge is -2.21. The van der Waals surface area contributed by atoms with Gasteiger partial charge in [0, 0.05) is 48.8 Å². The van der Waals surface area contributed by atoms with Gasteiger partial charge >= 0.3 is 0 Å². The van der Waals surface area contributed by atoms with Crippen LogP contribution in [0.25, 0.3) is 21.1 Å². The highest BCUT2D eigenvalue weighted by Gasteiger charge is 2.25. The van der Waals surface area contributed by atoms with Gasteiger partial charge in [-0.15, -0.1) is 11.3 Å². The van der Waals surface area contributed by atoms with Gasteiger partial charge in [-0.05, 0) is 50.8 Å². The number of aryl methyl sites for hydroxylation is 1.